The lowest BCUT2D eigenvalue weighted by molar-refractivity contribution is 0.0526. The number of hydrogen-bond acceptors (Lipinski definition) is 6. The molecule has 7 nitrogen and oxygen atoms in total. The topological polar surface area (TPSA) is 75.6 Å². The second kappa shape index (κ2) is 5.37. The first-order chi connectivity index (χ1) is 11.3. The Balaban J connectivity index is 1.74. The normalized spacial score (nSPS) is 27.5. The summed E-state index contributed by atoms with van der Waals surface area (Å²) in [5, 5.41) is -0.166. The molecule has 0 radical (unpaired) electrons. The smallest absolute Gasteiger partial charge is 0.225 e. The van der Waals surface area contributed by atoms with Crippen molar-refractivity contribution in [2.45, 2.75) is 43.5 Å². The molecular formula is C16H24N4O3S. The third-order valence-corrected chi connectivity index (χ3v) is 7.70. The van der Waals surface area contributed by atoms with E-state index in [9.17, 15) is 8.42 Å². The zero-order chi connectivity index (χ0) is 17.1. The Labute approximate surface area is 143 Å². The highest BCUT2D eigenvalue weighted by atomic mass is 32.2. The van der Waals surface area contributed by atoms with E-state index in [2.05, 4.69) is 4.98 Å². The average Bonchev–Trinajstić information content (AvgIpc) is 3.31. The number of ether oxygens (including phenoxy) is 1. The largest absolute Gasteiger partial charge is 0.376 e. The zero-order valence-corrected chi connectivity index (χ0v) is 15.3. The molecule has 1 aromatic heterocycles. The van der Waals surface area contributed by atoms with Gasteiger partial charge >= 0.3 is 0 Å². The number of anilines is 1. The summed E-state index contributed by atoms with van der Waals surface area (Å²) in [6.45, 7) is 4.04. The molecule has 1 unspecified atom stereocenters. The summed E-state index contributed by atoms with van der Waals surface area (Å²) in [4.78, 5) is 11.2. The van der Waals surface area contributed by atoms with Gasteiger partial charge in [-0.25, -0.2) is 22.7 Å². The van der Waals surface area contributed by atoms with E-state index in [0.29, 0.717) is 32.3 Å². The van der Waals surface area contributed by atoms with Crippen molar-refractivity contribution in [3.8, 4) is 0 Å². The lowest BCUT2D eigenvalue weighted by atomic mass is 9.80. The van der Waals surface area contributed by atoms with Crippen LogP contribution >= 0.6 is 0 Å². The number of nitrogens with zero attached hydrogens (tertiary/aromatic N) is 4. The SMILES string of the molecule is Cc1nc(N(C)C)nc2c1COCC21CCN(S(=O)(=O)C2CC2)C1. The molecule has 0 bridgehead atoms. The van der Waals surface area contributed by atoms with E-state index in [1.54, 1.807) is 4.31 Å². The quantitative estimate of drug-likeness (QED) is 0.802. The van der Waals surface area contributed by atoms with Crippen molar-refractivity contribution in [3.63, 3.8) is 0 Å². The fraction of sp³-hybridized carbons (Fsp3) is 0.750. The van der Waals surface area contributed by atoms with Gasteiger partial charge in [0.25, 0.3) is 0 Å². The van der Waals surface area contributed by atoms with Gasteiger partial charge in [-0.15, -0.1) is 0 Å². The maximum absolute atomic E-state index is 12.6. The summed E-state index contributed by atoms with van der Waals surface area (Å²) in [5.41, 5.74) is 2.59. The van der Waals surface area contributed by atoms with Gasteiger partial charge in [-0.05, 0) is 26.2 Å². The molecule has 3 heterocycles. The van der Waals surface area contributed by atoms with Gasteiger partial charge in [0.15, 0.2) is 0 Å². The molecule has 4 rings (SSSR count). The standard InChI is InChI=1S/C16H24N4O3S/c1-11-13-8-23-10-16(14(13)18-15(17-11)19(2)3)6-7-20(9-16)24(21,22)12-4-5-12/h12H,4-10H2,1-3H3. The fourth-order valence-corrected chi connectivity index (χ4v) is 5.68. The zero-order valence-electron chi connectivity index (χ0n) is 14.4. The van der Waals surface area contributed by atoms with Crippen molar-refractivity contribution in [2.24, 2.45) is 0 Å². The van der Waals surface area contributed by atoms with Crippen molar-refractivity contribution in [1.82, 2.24) is 14.3 Å². The van der Waals surface area contributed by atoms with Gasteiger partial charge in [-0.1, -0.05) is 0 Å². The van der Waals surface area contributed by atoms with Crippen LogP contribution in [0.5, 0.6) is 0 Å². The Morgan fingerprint density at radius 3 is 2.71 bits per heavy atom. The van der Waals surface area contributed by atoms with E-state index in [0.717, 1.165) is 36.2 Å². The summed E-state index contributed by atoms with van der Waals surface area (Å²) < 4.78 is 32.7. The van der Waals surface area contributed by atoms with Crippen molar-refractivity contribution in [3.05, 3.63) is 17.0 Å². The van der Waals surface area contributed by atoms with Gasteiger partial charge < -0.3 is 9.64 Å². The number of hydrogen-bond donors (Lipinski definition) is 0. The Kier molecular flexibility index (Phi) is 3.63. The Morgan fingerprint density at radius 2 is 2.04 bits per heavy atom. The Bertz CT molecular complexity index is 776. The second-order valence-corrected chi connectivity index (χ2v) is 9.64. The van der Waals surface area contributed by atoms with E-state index in [4.69, 9.17) is 9.72 Å². The minimum absolute atomic E-state index is 0.166. The molecule has 1 saturated heterocycles. The van der Waals surface area contributed by atoms with E-state index in [-0.39, 0.29) is 10.7 Å². The predicted molar refractivity (Wildman–Crippen MR) is 90.6 cm³/mol. The van der Waals surface area contributed by atoms with E-state index in [1.807, 2.05) is 25.9 Å². The van der Waals surface area contributed by atoms with Crippen LogP contribution < -0.4 is 4.90 Å². The third-order valence-electron chi connectivity index (χ3n) is 5.35. The van der Waals surface area contributed by atoms with Gasteiger partial charge in [0.05, 0.1) is 29.6 Å². The molecular weight excluding hydrogens is 328 g/mol. The first-order valence-corrected chi connectivity index (χ1v) is 9.96. The molecule has 0 amide bonds. The summed E-state index contributed by atoms with van der Waals surface area (Å²) in [6.07, 6.45) is 2.35. The number of rotatable bonds is 3. The minimum Gasteiger partial charge on any atom is -0.376 e. The number of aryl methyl sites for hydroxylation is 1. The molecule has 0 N–H and O–H groups in total. The summed E-state index contributed by atoms with van der Waals surface area (Å²) in [6, 6.07) is 0. The van der Waals surface area contributed by atoms with E-state index < -0.39 is 10.0 Å². The van der Waals surface area contributed by atoms with Crippen LogP contribution in [0.15, 0.2) is 0 Å². The number of aromatic nitrogens is 2. The number of fused-ring (bicyclic) bond motifs is 2. The average molecular weight is 352 g/mol. The lowest BCUT2D eigenvalue weighted by Crippen LogP contribution is -2.42. The molecule has 2 aliphatic heterocycles. The monoisotopic (exact) mass is 352 g/mol. The molecule has 132 valence electrons. The van der Waals surface area contributed by atoms with Crippen molar-refractivity contribution in [1.29, 1.82) is 0 Å². The molecule has 8 heteroatoms. The van der Waals surface area contributed by atoms with Gasteiger partial charge in [-0.3, -0.25) is 0 Å². The first kappa shape index (κ1) is 16.2. The van der Waals surface area contributed by atoms with Crippen LogP contribution in [0.2, 0.25) is 0 Å². The fourth-order valence-electron chi connectivity index (χ4n) is 3.75. The highest BCUT2D eigenvalue weighted by Gasteiger charge is 2.51. The van der Waals surface area contributed by atoms with E-state index in [1.165, 1.54) is 0 Å². The summed E-state index contributed by atoms with van der Waals surface area (Å²) >= 11 is 0. The van der Waals surface area contributed by atoms with Gasteiger partial charge in [-0.2, -0.15) is 0 Å². The van der Waals surface area contributed by atoms with Crippen LogP contribution in [-0.2, 0) is 26.8 Å². The second-order valence-electron chi connectivity index (χ2n) is 7.43. The summed E-state index contributed by atoms with van der Waals surface area (Å²) in [7, 11) is 0.689. The third kappa shape index (κ3) is 2.43. The Morgan fingerprint density at radius 1 is 1.29 bits per heavy atom. The molecule has 1 aromatic rings. The molecule has 0 aromatic carbocycles. The molecule has 24 heavy (non-hydrogen) atoms. The van der Waals surface area contributed by atoms with Gasteiger partial charge in [0.1, 0.15) is 0 Å². The number of sulfonamides is 1. The predicted octanol–water partition coefficient (Wildman–Crippen LogP) is 0.817. The van der Waals surface area contributed by atoms with Crippen LogP contribution in [0.4, 0.5) is 5.95 Å². The van der Waals surface area contributed by atoms with E-state index >= 15 is 0 Å². The molecule has 1 spiro atoms. The first-order valence-electron chi connectivity index (χ1n) is 8.45. The van der Waals surface area contributed by atoms with Crippen LogP contribution in [0.1, 0.15) is 36.2 Å². The molecule has 1 aliphatic carbocycles. The van der Waals surface area contributed by atoms with Crippen LogP contribution in [-0.4, -0.2) is 61.7 Å². The lowest BCUT2D eigenvalue weighted by Gasteiger charge is -2.35. The van der Waals surface area contributed by atoms with Crippen LogP contribution in [0.3, 0.4) is 0 Å². The molecule has 1 saturated carbocycles. The minimum atomic E-state index is -3.16. The Hall–Kier alpha value is -1.25. The van der Waals surface area contributed by atoms with Gasteiger partial charge in [0.2, 0.25) is 16.0 Å². The highest BCUT2D eigenvalue weighted by Crippen LogP contribution is 2.43. The molecule has 1 atom stereocenters. The highest BCUT2D eigenvalue weighted by molar-refractivity contribution is 7.90. The van der Waals surface area contributed by atoms with Crippen LogP contribution in [0.25, 0.3) is 0 Å². The summed E-state index contributed by atoms with van der Waals surface area (Å²) in [5.74, 6) is 0.677. The van der Waals surface area contributed by atoms with Crippen molar-refractivity contribution in [2.75, 3.05) is 38.7 Å². The maximum Gasteiger partial charge on any atom is 0.225 e. The molecule has 2 fully saturated rings. The van der Waals surface area contributed by atoms with Crippen molar-refractivity contribution < 1.29 is 13.2 Å². The maximum atomic E-state index is 12.6. The van der Waals surface area contributed by atoms with Crippen LogP contribution in [0, 0.1) is 6.92 Å². The van der Waals surface area contributed by atoms with Crippen molar-refractivity contribution >= 4 is 16.0 Å². The molecule has 3 aliphatic rings. The van der Waals surface area contributed by atoms with Gasteiger partial charge in [0, 0.05) is 38.4 Å².